The third kappa shape index (κ3) is 5.87. The van der Waals surface area contributed by atoms with E-state index < -0.39 is 6.04 Å². The second-order valence-corrected chi connectivity index (χ2v) is 9.00. The van der Waals surface area contributed by atoms with Gasteiger partial charge in [0.2, 0.25) is 5.91 Å². The van der Waals surface area contributed by atoms with Crippen molar-refractivity contribution in [1.82, 2.24) is 15.2 Å². The first-order valence-corrected chi connectivity index (χ1v) is 11.8. The molecule has 1 fully saturated rings. The fourth-order valence-corrected chi connectivity index (χ4v) is 4.41. The summed E-state index contributed by atoms with van der Waals surface area (Å²) < 4.78 is 5.70. The van der Waals surface area contributed by atoms with Gasteiger partial charge in [-0.2, -0.15) is 0 Å². The first-order valence-electron chi connectivity index (χ1n) is 10.5. The molecule has 2 amide bonds. The molecule has 1 N–H and O–H groups in total. The minimum atomic E-state index is -0.626. The van der Waals surface area contributed by atoms with Gasteiger partial charge in [-0.3, -0.25) is 9.59 Å². The van der Waals surface area contributed by atoms with Crippen LogP contribution in [0.1, 0.15) is 33.9 Å². The Bertz CT molecular complexity index is 1050. The van der Waals surface area contributed by atoms with Gasteiger partial charge < -0.3 is 15.0 Å². The predicted molar refractivity (Wildman–Crippen MR) is 125 cm³/mol. The summed E-state index contributed by atoms with van der Waals surface area (Å²) in [6, 6.07) is 16.2. The summed E-state index contributed by atoms with van der Waals surface area (Å²) in [6.45, 7) is 1.73. The Balaban J connectivity index is 1.40. The molecule has 0 saturated carbocycles. The summed E-state index contributed by atoms with van der Waals surface area (Å²) >= 11 is 7.23. The smallest absolute Gasteiger partial charge is 0.271 e. The monoisotopic (exact) mass is 469 g/mol. The number of nitrogens with zero attached hydrogens (tertiary/aromatic N) is 2. The highest BCUT2D eigenvalue weighted by atomic mass is 35.5. The third-order valence-corrected chi connectivity index (χ3v) is 6.34. The molecule has 6 nitrogen and oxygen atoms in total. The summed E-state index contributed by atoms with van der Waals surface area (Å²) in [5.41, 5.74) is 1.29. The van der Waals surface area contributed by atoms with Crippen LogP contribution in [-0.2, 0) is 17.8 Å². The van der Waals surface area contributed by atoms with Crippen LogP contribution in [0.2, 0.25) is 5.02 Å². The highest BCUT2D eigenvalue weighted by Gasteiger charge is 2.28. The van der Waals surface area contributed by atoms with Gasteiger partial charge in [0.05, 0.1) is 0 Å². The van der Waals surface area contributed by atoms with Crippen molar-refractivity contribution < 1.29 is 14.3 Å². The van der Waals surface area contributed by atoms with Gasteiger partial charge in [-0.25, -0.2) is 4.98 Å². The number of likely N-dealkylation sites (tertiary alicyclic amines) is 1. The van der Waals surface area contributed by atoms with E-state index in [1.807, 2.05) is 35.2 Å². The molecule has 1 aliphatic rings. The van der Waals surface area contributed by atoms with Gasteiger partial charge in [0.15, 0.2) is 0 Å². The molecule has 2 aromatic carbocycles. The van der Waals surface area contributed by atoms with Crippen LogP contribution < -0.4 is 10.1 Å². The topological polar surface area (TPSA) is 71.5 Å². The standard InChI is InChI=1S/C24H24ClN3O3S/c25-18-8-10-19(11-9-18)31-15-22-26-21(16-32-22)23(29)27-20(14-17-6-2-1-3-7-17)24(30)28-12-4-5-13-28/h1-3,6-11,16,20H,4-5,12-15H2,(H,27,29). The molecule has 0 bridgehead atoms. The van der Waals surface area contributed by atoms with Gasteiger partial charge in [-0.15, -0.1) is 11.3 Å². The van der Waals surface area contributed by atoms with E-state index in [-0.39, 0.29) is 24.1 Å². The van der Waals surface area contributed by atoms with Crippen LogP contribution in [0.4, 0.5) is 0 Å². The lowest BCUT2D eigenvalue weighted by Crippen LogP contribution is -2.49. The zero-order valence-corrected chi connectivity index (χ0v) is 19.1. The molecule has 1 unspecified atom stereocenters. The fraction of sp³-hybridized carbons (Fsp3) is 0.292. The Morgan fingerprint density at radius 3 is 2.53 bits per heavy atom. The van der Waals surface area contributed by atoms with E-state index in [2.05, 4.69) is 10.3 Å². The second kappa shape index (κ2) is 10.6. The molecule has 1 atom stereocenters. The molecule has 0 radical (unpaired) electrons. The van der Waals surface area contributed by atoms with Crippen LogP contribution in [0.15, 0.2) is 60.0 Å². The van der Waals surface area contributed by atoms with Crippen molar-refractivity contribution in [2.75, 3.05) is 13.1 Å². The third-order valence-electron chi connectivity index (χ3n) is 5.26. The number of benzene rings is 2. The Kier molecular flexibility index (Phi) is 7.39. The molecular weight excluding hydrogens is 446 g/mol. The number of thiazole rings is 1. The lowest BCUT2D eigenvalue weighted by Gasteiger charge is -2.24. The van der Waals surface area contributed by atoms with E-state index in [4.69, 9.17) is 16.3 Å². The highest BCUT2D eigenvalue weighted by Crippen LogP contribution is 2.19. The number of nitrogens with one attached hydrogen (secondary N) is 1. The van der Waals surface area contributed by atoms with Crippen molar-refractivity contribution in [3.05, 3.63) is 81.3 Å². The van der Waals surface area contributed by atoms with Gasteiger partial charge in [0.25, 0.3) is 5.91 Å². The zero-order chi connectivity index (χ0) is 22.3. The number of halogens is 1. The SMILES string of the molecule is O=C(NC(Cc1ccccc1)C(=O)N1CCCC1)c1csc(COc2ccc(Cl)cc2)n1. The van der Waals surface area contributed by atoms with Crippen LogP contribution in [-0.4, -0.2) is 40.8 Å². The summed E-state index contributed by atoms with van der Waals surface area (Å²) in [5, 5.41) is 5.92. The van der Waals surface area contributed by atoms with E-state index in [0.717, 1.165) is 31.5 Å². The van der Waals surface area contributed by atoms with Crippen LogP contribution in [0.5, 0.6) is 5.75 Å². The van der Waals surface area contributed by atoms with Gasteiger partial charge in [-0.1, -0.05) is 41.9 Å². The van der Waals surface area contributed by atoms with Gasteiger partial charge in [0.1, 0.15) is 29.1 Å². The first kappa shape index (κ1) is 22.3. The second-order valence-electron chi connectivity index (χ2n) is 7.62. The van der Waals surface area contributed by atoms with Crippen LogP contribution in [0.25, 0.3) is 0 Å². The maximum atomic E-state index is 13.1. The summed E-state index contributed by atoms with van der Waals surface area (Å²) in [4.78, 5) is 32.2. The highest BCUT2D eigenvalue weighted by molar-refractivity contribution is 7.09. The summed E-state index contributed by atoms with van der Waals surface area (Å²) in [5.74, 6) is 0.281. The lowest BCUT2D eigenvalue weighted by molar-refractivity contribution is -0.132. The number of hydrogen-bond acceptors (Lipinski definition) is 5. The minimum absolute atomic E-state index is 0.0405. The molecule has 4 rings (SSSR count). The van der Waals surface area contributed by atoms with Crippen molar-refractivity contribution >= 4 is 34.8 Å². The number of aromatic nitrogens is 1. The lowest BCUT2D eigenvalue weighted by atomic mass is 10.0. The van der Waals surface area contributed by atoms with Crippen molar-refractivity contribution in [3.63, 3.8) is 0 Å². The molecule has 166 valence electrons. The van der Waals surface area contributed by atoms with E-state index >= 15 is 0 Å². The Morgan fingerprint density at radius 2 is 1.81 bits per heavy atom. The molecule has 1 saturated heterocycles. The Labute approximate surface area is 196 Å². The number of amides is 2. The van der Waals surface area contributed by atoms with Crippen molar-refractivity contribution in [2.24, 2.45) is 0 Å². The number of carbonyl (C=O) groups excluding carboxylic acids is 2. The molecule has 0 spiro atoms. The molecule has 1 aliphatic heterocycles. The Hall–Kier alpha value is -2.90. The normalized spacial score (nSPS) is 14.2. The molecule has 0 aliphatic carbocycles. The zero-order valence-electron chi connectivity index (χ0n) is 17.5. The number of ether oxygens (including phenoxy) is 1. The molecule has 1 aromatic heterocycles. The molecule has 3 aromatic rings. The van der Waals surface area contributed by atoms with Crippen molar-refractivity contribution in [2.45, 2.75) is 31.9 Å². The summed E-state index contributed by atoms with van der Waals surface area (Å²) in [7, 11) is 0. The minimum Gasteiger partial charge on any atom is -0.486 e. The maximum absolute atomic E-state index is 13.1. The van der Waals surface area contributed by atoms with Crippen LogP contribution >= 0.6 is 22.9 Å². The fourth-order valence-electron chi connectivity index (χ4n) is 3.60. The molecular formula is C24H24ClN3O3S. The summed E-state index contributed by atoms with van der Waals surface area (Å²) in [6.07, 6.45) is 2.44. The average molecular weight is 470 g/mol. The van der Waals surface area contributed by atoms with Crippen LogP contribution in [0.3, 0.4) is 0 Å². The maximum Gasteiger partial charge on any atom is 0.271 e. The number of carbonyl (C=O) groups is 2. The largest absolute Gasteiger partial charge is 0.486 e. The molecule has 32 heavy (non-hydrogen) atoms. The van der Waals surface area contributed by atoms with E-state index in [0.29, 0.717) is 22.2 Å². The van der Waals surface area contributed by atoms with E-state index in [1.54, 1.807) is 29.6 Å². The van der Waals surface area contributed by atoms with Gasteiger partial charge in [-0.05, 0) is 42.7 Å². The predicted octanol–water partition coefficient (Wildman–Crippen LogP) is 4.34. The number of rotatable bonds is 8. The van der Waals surface area contributed by atoms with E-state index in [9.17, 15) is 9.59 Å². The van der Waals surface area contributed by atoms with E-state index in [1.165, 1.54) is 11.3 Å². The number of hydrogen-bond donors (Lipinski definition) is 1. The van der Waals surface area contributed by atoms with Crippen LogP contribution in [0, 0.1) is 0 Å². The average Bonchev–Trinajstić information content (AvgIpc) is 3.51. The molecule has 2 heterocycles. The van der Waals surface area contributed by atoms with Crippen molar-refractivity contribution in [3.8, 4) is 5.75 Å². The first-order chi connectivity index (χ1) is 15.6. The molecule has 8 heteroatoms. The Morgan fingerprint density at radius 1 is 1.09 bits per heavy atom. The van der Waals surface area contributed by atoms with Crippen molar-refractivity contribution in [1.29, 1.82) is 0 Å². The van der Waals surface area contributed by atoms with Gasteiger partial charge >= 0.3 is 0 Å². The quantitative estimate of drug-likeness (QED) is 0.532. The van der Waals surface area contributed by atoms with Gasteiger partial charge in [0, 0.05) is 29.9 Å².